The van der Waals surface area contributed by atoms with Crippen LogP contribution in [0, 0.1) is 0 Å². The number of piperidine rings is 1. The quantitative estimate of drug-likeness (QED) is 0.572. The van der Waals surface area contributed by atoms with Crippen molar-refractivity contribution in [3.63, 3.8) is 0 Å². The van der Waals surface area contributed by atoms with E-state index in [2.05, 4.69) is 4.90 Å². The summed E-state index contributed by atoms with van der Waals surface area (Å²) in [6, 6.07) is 0.474. The van der Waals surface area contributed by atoms with Crippen LogP contribution in [0.2, 0.25) is 0 Å². The van der Waals surface area contributed by atoms with E-state index in [9.17, 15) is 4.79 Å². The first kappa shape index (κ1) is 9.00. The highest BCUT2D eigenvalue weighted by Gasteiger charge is 2.26. The summed E-state index contributed by atoms with van der Waals surface area (Å²) >= 11 is 0. The molecule has 2 fully saturated rings. The molecule has 0 radical (unpaired) electrons. The topological polar surface area (TPSA) is 29.5 Å². The molecule has 74 valence electrons. The molecule has 2 rings (SSSR count). The fourth-order valence-corrected chi connectivity index (χ4v) is 2.26. The Morgan fingerprint density at radius 3 is 2.69 bits per heavy atom. The van der Waals surface area contributed by atoms with Gasteiger partial charge in [-0.2, -0.15) is 0 Å². The maximum atomic E-state index is 11.1. The number of nitrogens with zero attached hydrogens (tertiary/aromatic N) is 1. The minimum absolute atomic E-state index is 0.0122. The number of carbonyl (C=O) groups excluding carboxylic acids is 1. The van der Waals surface area contributed by atoms with Crippen LogP contribution in [0.1, 0.15) is 32.1 Å². The van der Waals surface area contributed by atoms with E-state index in [-0.39, 0.29) is 5.97 Å². The van der Waals surface area contributed by atoms with E-state index in [0.717, 1.165) is 6.42 Å². The van der Waals surface area contributed by atoms with Crippen molar-refractivity contribution >= 4 is 5.97 Å². The third-order valence-electron chi connectivity index (χ3n) is 3.02. The summed E-state index contributed by atoms with van der Waals surface area (Å²) in [4.78, 5) is 13.5. The van der Waals surface area contributed by atoms with E-state index in [1.165, 1.54) is 32.4 Å². The molecule has 0 spiro atoms. The lowest BCUT2D eigenvalue weighted by molar-refractivity contribution is -0.150. The zero-order chi connectivity index (χ0) is 9.10. The van der Waals surface area contributed by atoms with E-state index >= 15 is 0 Å². The predicted octanol–water partition coefficient (Wildman–Crippen LogP) is 1.18. The normalized spacial score (nSPS) is 31.4. The van der Waals surface area contributed by atoms with Crippen LogP contribution in [0.5, 0.6) is 0 Å². The molecule has 13 heavy (non-hydrogen) atoms. The van der Waals surface area contributed by atoms with Crippen molar-refractivity contribution in [1.82, 2.24) is 4.90 Å². The predicted molar refractivity (Wildman–Crippen MR) is 49.4 cm³/mol. The molecule has 0 amide bonds. The molecule has 0 aromatic heterocycles. The van der Waals surface area contributed by atoms with Gasteiger partial charge < -0.3 is 4.74 Å². The molecule has 1 unspecified atom stereocenters. The Labute approximate surface area is 79.0 Å². The molecular weight excluding hydrogens is 166 g/mol. The zero-order valence-electron chi connectivity index (χ0n) is 8.00. The number of carbonyl (C=O) groups is 1. The average molecular weight is 183 g/mol. The second kappa shape index (κ2) is 4.09. The van der Waals surface area contributed by atoms with Gasteiger partial charge in [-0.15, -0.1) is 0 Å². The lowest BCUT2D eigenvalue weighted by Crippen LogP contribution is -2.43. The number of hydrogen-bond donors (Lipinski definition) is 0. The molecule has 3 nitrogen and oxygen atoms in total. The monoisotopic (exact) mass is 183 g/mol. The summed E-state index contributed by atoms with van der Waals surface area (Å²) < 4.78 is 4.93. The Morgan fingerprint density at radius 1 is 1.23 bits per heavy atom. The molecule has 0 bridgehead atoms. The molecule has 0 aliphatic carbocycles. The van der Waals surface area contributed by atoms with Gasteiger partial charge in [-0.1, -0.05) is 6.42 Å². The number of esters is 1. The third-order valence-corrected chi connectivity index (χ3v) is 3.02. The lowest BCUT2D eigenvalue weighted by atomic mass is 10.0. The Bertz CT molecular complexity index is 187. The number of rotatable bonds is 1. The van der Waals surface area contributed by atoms with Crippen LogP contribution >= 0.6 is 0 Å². The molecule has 2 aliphatic rings. The first-order valence-corrected chi connectivity index (χ1v) is 5.26. The smallest absolute Gasteiger partial charge is 0.307 e. The molecule has 2 saturated heterocycles. The minimum atomic E-state index is -0.0122. The zero-order valence-corrected chi connectivity index (χ0v) is 8.00. The average Bonchev–Trinajstić information content (AvgIpc) is 2.19. The van der Waals surface area contributed by atoms with Gasteiger partial charge in [-0.05, 0) is 32.4 Å². The Kier molecular flexibility index (Phi) is 2.83. The second-order valence-electron chi connectivity index (χ2n) is 3.96. The largest absolute Gasteiger partial charge is 0.466 e. The van der Waals surface area contributed by atoms with E-state index in [0.29, 0.717) is 19.1 Å². The van der Waals surface area contributed by atoms with Crippen LogP contribution in [-0.2, 0) is 9.53 Å². The maximum absolute atomic E-state index is 11.1. The molecule has 0 N–H and O–H groups in total. The number of likely N-dealkylation sites (tertiary alicyclic amines) is 1. The molecule has 2 heterocycles. The molecule has 0 aromatic rings. The van der Waals surface area contributed by atoms with Crippen LogP contribution in [-0.4, -0.2) is 36.6 Å². The maximum Gasteiger partial charge on any atom is 0.307 e. The van der Waals surface area contributed by atoms with Gasteiger partial charge in [-0.25, -0.2) is 0 Å². The summed E-state index contributed by atoms with van der Waals surface area (Å²) in [6.45, 7) is 2.98. The molecule has 1 atom stereocenters. The van der Waals surface area contributed by atoms with E-state index < -0.39 is 0 Å². The first-order chi connectivity index (χ1) is 6.36. The highest BCUT2D eigenvalue weighted by Crippen LogP contribution is 2.19. The summed E-state index contributed by atoms with van der Waals surface area (Å²) in [7, 11) is 0. The van der Waals surface area contributed by atoms with Crippen LogP contribution in [0.15, 0.2) is 0 Å². The SMILES string of the molecule is O=C1CC(N2CCCCC2)CCO1. The molecular formula is C10H17NO2. The van der Waals surface area contributed by atoms with Crippen molar-refractivity contribution in [3.8, 4) is 0 Å². The van der Waals surface area contributed by atoms with Gasteiger partial charge in [0.2, 0.25) is 0 Å². The van der Waals surface area contributed by atoms with Gasteiger partial charge in [0.05, 0.1) is 13.0 Å². The van der Waals surface area contributed by atoms with E-state index in [4.69, 9.17) is 4.74 Å². The Hall–Kier alpha value is -0.570. The number of cyclic esters (lactones) is 1. The minimum Gasteiger partial charge on any atom is -0.466 e. The van der Waals surface area contributed by atoms with Crippen molar-refractivity contribution in [2.45, 2.75) is 38.1 Å². The summed E-state index contributed by atoms with van der Waals surface area (Å²) in [5, 5.41) is 0. The van der Waals surface area contributed by atoms with Gasteiger partial charge in [0.1, 0.15) is 0 Å². The Morgan fingerprint density at radius 2 is 2.00 bits per heavy atom. The fraction of sp³-hybridized carbons (Fsp3) is 0.900. The van der Waals surface area contributed by atoms with Crippen molar-refractivity contribution in [3.05, 3.63) is 0 Å². The number of ether oxygens (including phenoxy) is 1. The van der Waals surface area contributed by atoms with Crippen LogP contribution in [0.25, 0.3) is 0 Å². The lowest BCUT2D eigenvalue weighted by Gasteiger charge is -2.35. The standard InChI is InChI=1S/C10H17NO2/c12-10-8-9(4-7-13-10)11-5-2-1-3-6-11/h9H,1-8H2. The van der Waals surface area contributed by atoms with Crippen LogP contribution in [0.3, 0.4) is 0 Å². The van der Waals surface area contributed by atoms with Crippen LogP contribution < -0.4 is 0 Å². The summed E-state index contributed by atoms with van der Waals surface area (Å²) in [5.74, 6) is -0.0122. The number of hydrogen-bond acceptors (Lipinski definition) is 3. The van der Waals surface area contributed by atoms with Gasteiger partial charge in [0.25, 0.3) is 0 Å². The first-order valence-electron chi connectivity index (χ1n) is 5.26. The van der Waals surface area contributed by atoms with Crippen molar-refractivity contribution in [1.29, 1.82) is 0 Å². The third kappa shape index (κ3) is 2.21. The second-order valence-corrected chi connectivity index (χ2v) is 3.96. The van der Waals surface area contributed by atoms with Gasteiger partial charge in [-0.3, -0.25) is 9.69 Å². The van der Waals surface area contributed by atoms with Crippen molar-refractivity contribution in [2.75, 3.05) is 19.7 Å². The van der Waals surface area contributed by atoms with E-state index in [1.54, 1.807) is 0 Å². The van der Waals surface area contributed by atoms with Crippen molar-refractivity contribution in [2.24, 2.45) is 0 Å². The van der Waals surface area contributed by atoms with Crippen LogP contribution in [0.4, 0.5) is 0 Å². The fourth-order valence-electron chi connectivity index (χ4n) is 2.26. The highest BCUT2D eigenvalue weighted by molar-refractivity contribution is 5.70. The van der Waals surface area contributed by atoms with Crippen molar-refractivity contribution < 1.29 is 9.53 Å². The van der Waals surface area contributed by atoms with Gasteiger partial charge in [0.15, 0.2) is 0 Å². The summed E-state index contributed by atoms with van der Waals surface area (Å²) in [6.07, 6.45) is 5.59. The molecule has 2 aliphatic heterocycles. The molecule has 0 saturated carbocycles. The Balaban J connectivity index is 1.87. The molecule has 3 heteroatoms. The van der Waals surface area contributed by atoms with Gasteiger partial charge in [0, 0.05) is 6.04 Å². The van der Waals surface area contributed by atoms with E-state index in [1.807, 2.05) is 0 Å². The highest BCUT2D eigenvalue weighted by atomic mass is 16.5. The van der Waals surface area contributed by atoms with Gasteiger partial charge >= 0.3 is 5.97 Å². The summed E-state index contributed by atoms with van der Waals surface area (Å²) in [5.41, 5.74) is 0. The molecule has 0 aromatic carbocycles.